The number of fused-ring (bicyclic) bond motifs is 1. The van der Waals surface area contributed by atoms with Gasteiger partial charge < -0.3 is 18.8 Å². The lowest BCUT2D eigenvalue weighted by Crippen LogP contribution is -2.04. The summed E-state index contributed by atoms with van der Waals surface area (Å²) in [4.78, 5) is 16.4. The Kier molecular flexibility index (Phi) is 4.61. The molecule has 0 aliphatic carbocycles. The number of nitrogens with zero attached hydrogens (tertiary/aromatic N) is 2. The summed E-state index contributed by atoms with van der Waals surface area (Å²) in [6.07, 6.45) is 1.83. The first-order chi connectivity index (χ1) is 13.6. The van der Waals surface area contributed by atoms with E-state index in [0.29, 0.717) is 11.3 Å². The van der Waals surface area contributed by atoms with Crippen LogP contribution in [0.25, 0.3) is 5.69 Å². The van der Waals surface area contributed by atoms with Crippen LogP contribution in [0.2, 0.25) is 0 Å². The van der Waals surface area contributed by atoms with Gasteiger partial charge in [0, 0.05) is 34.9 Å². The second-order valence-electron chi connectivity index (χ2n) is 6.50. The quantitative estimate of drug-likeness (QED) is 0.501. The maximum Gasteiger partial charge on any atom is 0.337 e. The fraction of sp³-hybridized carbons (Fsp3) is 0.182. The number of rotatable bonds is 4. The lowest BCUT2D eigenvalue weighted by Gasteiger charge is -2.11. The van der Waals surface area contributed by atoms with Crippen LogP contribution in [0.15, 0.2) is 53.5 Å². The monoisotopic (exact) mass is 376 g/mol. The zero-order chi connectivity index (χ0) is 19.7. The number of ether oxygens (including phenoxy) is 3. The van der Waals surface area contributed by atoms with Crippen molar-refractivity contribution in [2.45, 2.75) is 13.8 Å². The Morgan fingerprint density at radius 2 is 1.93 bits per heavy atom. The number of hydrogen-bond donors (Lipinski definition) is 0. The molecule has 0 fully saturated rings. The Morgan fingerprint density at radius 3 is 2.75 bits per heavy atom. The molecule has 142 valence electrons. The van der Waals surface area contributed by atoms with Crippen LogP contribution in [0.3, 0.4) is 0 Å². The molecule has 0 spiro atoms. The molecule has 0 amide bonds. The van der Waals surface area contributed by atoms with Gasteiger partial charge in [0.25, 0.3) is 0 Å². The molecule has 1 aliphatic rings. The van der Waals surface area contributed by atoms with Gasteiger partial charge in [-0.25, -0.2) is 4.79 Å². The van der Waals surface area contributed by atoms with Gasteiger partial charge in [0.1, 0.15) is 0 Å². The van der Waals surface area contributed by atoms with Gasteiger partial charge in [-0.15, -0.1) is 0 Å². The van der Waals surface area contributed by atoms with Crippen LogP contribution in [0.1, 0.15) is 27.3 Å². The van der Waals surface area contributed by atoms with Crippen molar-refractivity contribution < 1.29 is 19.0 Å². The number of aliphatic imine (C=N–C) groups is 1. The molecule has 0 saturated heterocycles. The molecule has 0 saturated carbocycles. The van der Waals surface area contributed by atoms with E-state index in [-0.39, 0.29) is 12.8 Å². The summed E-state index contributed by atoms with van der Waals surface area (Å²) in [5.74, 6) is 1.09. The molecule has 4 rings (SSSR count). The SMILES string of the molecule is COC(=O)c1cccc(-n2c(C)cc(C=Nc3ccc4c(c3)OCO4)c2C)c1. The highest BCUT2D eigenvalue weighted by Gasteiger charge is 2.14. The molecule has 0 radical (unpaired) electrons. The van der Waals surface area contributed by atoms with Crippen LogP contribution in [0.4, 0.5) is 5.69 Å². The molecule has 6 heteroatoms. The molecule has 1 aromatic heterocycles. The summed E-state index contributed by atoms with van der Waals surface area (Å²) in [7, 11) is 1.38. The van der Waals surface area contributed by atoms with E-state index in [1.807, 2.05) is 56.5 Å². The smallest absolute Gasteiger partial charge is 0.337 e. The lowest BCUT2D eigenvalue weighted by atomic mass is 10.2. The van der Waals surface area contributed by atoms with Crippen LogP contribution in [0, 0.1) is 13.8 Å². The van der Waals surface area contributed by atoms with Gasteiger partial charge in [0.05, 0.1) is 18.4 Å². The third kappa shape index (κ3) is 3.24. The van der Waals surface area contributed by atoms with Crippen molar-refractivity contribution in [3.8, 4) is 17.2 Å². The summed E-state index contributed by atoms with van der Waals surface area (Å²) < 4.78 is 17.6. The Balaban J connectivity index is 1.65. The van der Waals surface area contributed by atoms with Gasteiger partial charge in [0.15, 0.2) is 11.5 Å². The van der Waals surface area contributed by atoms with Crippen LogP contribution >= 0.6 is 0 Å². The minimum Gasteiger partial charge on any atom is -0.465 e. The number of aryl methyl sites for hydroxylation is 1. The maximum atomic E-state index is 11.8. The first-order valence-corrected chi connectivity index (χ1v) is 8.88. The third-order valence-electron chi connectivity index (χ3n) is 4.70. The van der Waals surface area contributed by atoms with E-state index in [1.165, 1.54) is 7.11 Å². The minimum absolute atomic E-state index is 0.244. The summed E-state index contributed by atoms with van der Waals surface area (Å²) in [5.41, 5.74) is 5.29. The summed E-state index contributed by atoms with van der Waals surface area (Å²) in [5, 5.41) is 0. The molecule has 3 aromatic rings. The number of carbonyl (C=O) groups excluding carboxylic acids is 1. The lowest BCUT2D eigenvalue weighted by molar-refractivity contribution is 0.0600. The molecule has 28 heavy (non-hydrogen) atoms. The van der Waals surface area contributed by atoms with Crippen LogP contribution < -0.4 is 9.47 Å². The van der Waals surface area contributed by atoms with Crippen LogP contribution in [0.5, 0.6) is 11.5 Å². The molecule has 0 bridgehead atoms. The first kappa shape index (κ1) is 17.9. The predicted molar refractivity (Wildman–Crippen MR) is 106 cm³/mol. The van der Waals surface area contributed by atoms with Gasteiger partial charge in [-0.1, -0.05) is 6.07 Å². The minimum atomic E-state index is -0.353. The second kappa shape index (κ2) is 7.23. The van der Waals surface area contributed by atoms with Crippen molar-refractivity contribution in [2.24, 2.45) is 4.99 Å². The average Bonchev–Trinajstić information content (AvgIpc) is 3.29. The first-order valence-electron chi connectivity index (χ1n) is 8.88. The standard InChI is InChI=1S/C22H20N2O4/c1-14-9-17(12-23-18-7-8-20-21(11-18)28-13-27-20)15(2)24(14)19-6-4-5-16(10-19)22(25)26-3/h4-12H,13H2,1-3H3. The fourth-order valence-electron chi connectivity index (χ4n) is 3.32. The van der Waals surface area contributed by atoms with E-state index in [4.69, 9.17) is 14.2 Å². The number of methoxy groups -OCH3 is 1. The zero-order valence-corrected chi connectivity index (χ0v) is 15.9. The number of hydrogen-bond acceptors (Lipinski definition) is 5. The Morgan fingerprint density at radius 1 is 1.11 bits per heavy atom. The van der Waals surface area contributed by atoms with Crippen LogP contribution in [-0.2, 0) is 4.74 Å². The molecule has 6 nitrogen and oxygen atoms in total. The molecule has 1 aliphatic heterocycles. The summed E-state index contributed by atoms with van der Waals surface area (Å²) >= 11 is 0. The van der Waals surface area contributed by atoms with Gasteiger partial charge >= 0.3 is 5.97 Å². The van der Waals surface area contributed by atoms with E-state index in [0.717, 1.165) is 34.1 Å². The highest BCUT2D eigenvalue weighted by atomic mass is 16.7. The topological polar surface area (TPSA) is 62.1 Å². The van der Waals surface area contributed by atoms with E-state index in [1.54, 1.807) is 6.07 Å². The Hall–Kier alpha value is -3.54. The molecular formula is C22H20N2O4. The average molecular weight is 376 g/mol. The van der Waals surface area contributed by atoms with Crippen molar-refractivity contribution in [1.82, 2.24) is 4.57 Å². The van der Waals surface area contributed by atoms with Gasteiger partial charge in [-0.05, 0) is 50.2 Å². The normalized spacial score (nSPS) is 12.5. The molecule has 2 heterocycles. The second-order valence-corrected chi connectivity index (χ2v) is 6.50. The third-order valence-corrected chi connectivity index (χ3v) is 4.70. The number of benzene rings is 2. The zero-order valence-electron chi connectivity index (χ0n) is 15.9. The van der Waals surface area contributed by atoms with Gasteiger partial charge in [-0.2, -0.15) is 0 Å². The largest absolute Gasteiger partial charge is 0.465 e. The van der Waals surface area contributed by atoms with Crippen molar-refractivity contribution >= 4 is 17.9 Å². The van der Waals surface area contributed by atoms with E-state index in [9.17, 15) is 4.79 Å². The van der Waals surface area contributed by atoms with Crippen molar-refractivity contribution in [3.05, 3.63) is 71.0 Å². The van der Waals surface area contributed by atoms with E-state index >= 15 is 0 Å². The van der Waals surface area contributed by atoms with Crippen molar-refractivity contribution in [2.75, 3.05) is 13.9 Å². The summed E-state index contributed by atoms with van der Waals surface area (Å²) in [6.45, 7) is 4.29. The van der Waals surface area contributed by atoms with E-state index in [2.05, 4.69) is 15.6 Å². The summed E-state index contributed by atoms with van der Waals surface area (Å²) in [6, 6.07) is 15.1. The highest BCUT2D eigenvalue weighted by Crippen LogP contribution is 2.35. The van der Waals surface area contributed by atoms with E-state index < -0.39 is 0 Å². The predicted octanol–water partition coefficient (Wildman–Crippen LogP) is 4.36. The van der Waals surface area contributed by atoms with Crippen molar-refractivity contribution in [3.63, 3.8) is 0 Å². The van der Waals surface area contributed by atoms with Crippen LogP contribution in [-0.4, -0.2) is 30.7 Å². The highest BCUT2D eigenvalue weighted by molar-refractivity contribution is 5.90. The number of carbonyl (C=O) groups is 1. The van der Waals surface area contributed by atoms with Gasteiger partial charge in [-0.3, -0.25) is 4.99 Å². The molecule has 0 unspecified atom stereocenters. The Bertz CT molecular complexity index is 1080. The van der Waals surface area contributed by atoms with Crippen molar-refractivity contribution in [1.29, 1.82) is 0 Å². The number of aromatic nitrogens is 1. The molecule has 0 N–H and O–H groups in total. The van der Waals surface area contributed by atoms with Gasteiger partial charge in [0.2, 0.25) is 6.79 Å². The maximum absolute atomic E-state index is 11.8. The Labute approximate surface area is 163 Å². The number of esters is 1. The molecular weight excluding hydrogens is 356 g/mol. The fourth-order valence-corrected chi connectivity index (χ4v) is 3.32. The molecule has 0 atom stereocenters. The molecule has 2 aromatic carbocycles.